The number of benzene rings is 2. The van der Waals surface area contributed by atoms with Crippen molar-refractivity contribution in [2.45, 2.75) is 13.3 Å². The van der Waals surface area contributed by atoms with E-state index in [1.54, 1.807) is 18.2 Å². The lowest BCUT2D eigenvalue weighted by Gasteiger charge is -2.09. The molecule has 126 valence electrons. The maximum Gasteiger partial charge on any atom is 0.338 e. The van der Waals surface area contributed by atoms with Crippen LogP contribution in [0.4, 0.5) is 0 Å². The Kier molecular flexibility index (Phi) is 6.37. The second-order valence-electron chi connectivity index (χ2n) is 5.35. The summed E-state index contributed by atoms with van der Waals surface area (Å²) >= 11 is 0. The lowest BCUT2D eigenvalue weighted by atomic mass is 10.1. The number of esters is 1. The number of carbonyl (C=O) groups excluding carboxylic acids is 2. The van der Waals surface area contributed by atoms with Gasteiger partial charge in [0.1, 0.15) is 5.75 Å². The molecule has 0 heterocycles. The van der Waals surface area contributed by atoms with Crippen LogP contribution in [0.1, 0.15) is 21.5 Å². The molecular weight excluding hydrogens is 306 g/mol. The van der Waals surface area contributed by atoms with E-state index in [2.05, 4.69) is 5.32 Å². The van der Waals surface area contributed by atoms with Crippen LogP contribution < -0.4 is 10.1 Å². The van der Waals surface area contributed by atoms with Crippen LogP contribution >= 0.6 is 0 Å². The normalized spacial score (nSPS) is 10.1. The van der Waals surface area contributed by atoms with Crippen LogP contribution in [-0.2, 0) is 16.0 Å². The van der Waals surface area contributed by atoms with Gasteiger partial charge in [0.15, 0.2) is 6.61 Å². The van der Waals surface area contributed by atoms with Crippen LogP contribution in [0.25, 0.3) is 0 Å². The number of aryl methyl sites for hydroxylation is 1. The molecule has 2 aromatic rings. The third-order valence-corrected chi connectivity index (χ3v) is 3.56. The number of rotatable bonds is 7. The predicted octanol–water partition coefficient (Wildman–Crippen LogP) is 2.52. The summed E-state index contributed by atoms with van der Waals surface area (Å²) in [5.41, 5.74) is 2.42. The number of hydrogen-bond donors (Lipinski definition) is 1. The summed E-state index contributed by atoms with van der Waals surface area (Å²) in [6.07, 6.45) is 0.732. The van der Waals surface area contributed by atoms with Crippen molar-refractivity contribution in [1.29, 1.82) is 0 Å². The molecule has 2 rings (SSSR count). The van der Waals surface area contributed by atoms with Crippen molar-refractivity contribution in [3.8, 4) is 5.75 Å². The third-order valence-electron chi connectivity index (χ3n) is 3.56. The molecule has 0 aliphatic carbocycles. The Hall–Kier alpha value is -2.82. The van der Waals surface area contributed by atoms with Gasteiger partial charge in [-0.3, -0.25) is 4.79 Å². The largest absolute Gasteiger partial charge is 0.496 e. The molecule has 0 aliphatic heterocycles. The van der Waals surface area contributed by atoms with Crippen LogP contribution in [0.2, 0.25) is 0 Å². The van der Waals surface area contributed by atoms with E-state index in [0.29, 0.717) is 17.9 Å². The number of amides is 1. The third kappa shape index (κ3) is 5.12. The first-order chi connectivity index (χ1) is 11.6. The van der Waals surface area contributed by atoms with Crippen molar-refractivity contribution in [2.75, 3.05) is 20.3 Å². The maximum atomic E-state index is 12.0. The van der Waals surface area contributed by atoms with Crippen LogP contribution in [-0.4, -0.2) is 32.1 Å². The van der Waals surface area contributed by atoms with Gasteiger partial charge in [0.25, 0.3) is 5.91 Å². The van der Waals surface area contributed by atoms with Gasteiger partial charge in [-0.25, -0.2) is 4.79 Å². The minimum absolute atomic E-state index is 0.302. The number of methoxy groups -OCH3 is 1. The van der Waals surface area contributed by atoms with Crippen molar-refractivity contribution >= 4 is 11.9 Å². The van der Waals surface area contributed by atoms with E-state index in [1.165, 1.54) is 7.11 Å². The molecular formula is C19H21NO4. The molecule has 0 radical (unpaired) electrons. The van der Waals surface area contributed by atoms with Crippen LogP contribution in [0.15, 0.2) is 48.5 Å². The molecule has 0 atom stereocenters. The zero-order chi connectivity index (χ0) is 17.4. The van der Waals surface area contributed by atoms with Gasteiger partial charge in [-0.2, -0.15) is 0 Å². The highest BCUT2D eigenvalue weighted by molar-refractivity contribution is 5.91. The Morgan fingerprint density at radius 3 is 2.54 bits per heavy atom. The van der Waals surface area contributed by atoms with E-state index in [-0.39, 0.29) is 12.5 Å². The first kappa shape index (κ1) is 17.5. The molecule has 0 saturated carbocycles. The quantitative estimate of drug-likeness (QED) is 0.794. The first-order valence-corrected chi connectivity index (χ1v) is 7.72. The minimum atomic E-state index is -0.550. The molecule has 0 fully saturated rings. The van der Waals surface area contributed by atoms with Crippen LogP contribution in [0, 0.1) is 6.92 Å². The number of ether oxygens (including phenoxy) is 2. The highest BCUT2D eigenvalue weighted by Crippen LogP contribution is 2.19. The summed E-state index contributed by atoms with van der Waals surface area (Å²) in [6, 6.07) is 14.9. The topological polar surface area (TPSA) is 64.6 Å². The van der Waals surface area contributed by atoms with Crippen molar-refractivity contribution in [2.24, 2.45) is 0 Å². The lowest BCUT2D eigenvalue weighted by molar-refractivity contribution is -0.124. The molecule has 24 heavy (non-hydrogen) atoms. The Labute approximate surface area is 141 Å². The average Bonchev–Trinajstić information content (AvgIpc) is 2.61. The molecule has 0 aromatic heterocycles. The molecule has 2 aromatic carbocycles. The fourth-order valence-electron chi connectivity index (χ4n) is 2.20. The van der Waals surface area contributed by atoms with E-state index in [0.717, 1.165) is 17.5 Å². The fourth-order valence-corrected chi connectivity index (χ4v) is 2.20. The zero-order valence-corrected chi connectivity index (χ0v) is 13.9. The Bertz CT molecular complexity index is 698. The average molecular weight is 327 g/mol. The molecule has 0 aliphatic rings. The number of carbonyl (C=O) groups is 2. The van der Waals surface area contributed by atoms with Gasteiger partial charge in [-0.1, -0.05) is 36.4 Å². The van der Waals surface area contributed by atoms with E-state index < -0.39 is 5.97 Å². The van der Waals surface area contributed by atoms with Crippen molar-refractivity contribution in [1.82, 2.24) is 5.32 Å². The summed E-state index contributed by atoms with van der Waals surface area (Å²) in [4.78, 5) is 23.7. The maximum absolute atomic E-state index is 12.0. The SMILES string of the molecule is COc1cc(C(=O)OCC(=O)NCCc2ccccc2)ccc1C. The predicted molar refractivity (Wildman–Crippen MR) is 91.2 cm³/mol. The molecule has 5 heteroatoms. The van der Waals surface area contributed by atoms with Gasteiger partial charge in [-0.15, -0.1) is 0 Å². The van der Waals surface area contributed by atoms with E-state index in [4.69, 9.17) is 9.47 Å². The van der Waals surface area contributed by atoms with Gasteiger partial charge in [0.05, 0.1) is 12.7 Å². The summed E-state index contributed by atoms with van der Waals surface area (Å²) < 4.78 is 10.2. The highest BCUT2D eigenvalue weighted by Gasteiger charge is 2.12. The molecule has 0 saturated heterocycles. The van der Waals surface area contributed by atoms with Gasteiger partial charge in [-0.05, 0) is 36.6 Å². The molecule has 0 unspecified atom stereocenters. The smallest absolute Gasteiger partial charge is 0.338 e. The Morgan fingerprint density at radius 1 is 1.08 bits per heavy atom. The molecule has 0 spiro atoms. The standard InChI is InChI=1S/C19H21NO4/c1-14-8-9-16(12-17(14)23-2)19(22)24-13-18(21)20-11-10-15-6-4-3-5-7-15/h3-9,12H,10-11,13H2,1-2H3,(H,20,21). The monoisotopic (exact) mass is 327 g/mol. The molecule has 1 amide bonds. The second kappa shape index (κ2) is 8.72. The van der Waals surface area contributed by atoms with E-state index in [1.807, 2.05) is 37.3 Å². The summed E-state index contributed by atoms with van der Waals surface area (Å²) in [6.45, 7) is 2.08. The molecule has 1 N–H and O–H groups in total. The van der Waals surface area contributed by atoms with Gasteiger partial charge < -0.3 is 14.8 Å². The minimum Gasteiger partial charge on any atom is -0.496 e. The van der Waals surface area contributed by atoms with E-state index >= 15 is 0 Å². The fraction of sp³-hybridized carbons (Fsp3) is 0.263. The van der Waals surface area contributed by atoms with Crippen molar-refractivity contribution in [3.05, 3.63) is 65.2 Å². The molecule has 5 nitrogen and oxygen atoms in total. The van der Waals surface area contributed by atoms with Gasteiger partial charge in [0.2, 0.25) is 0 Å². The van der Waals surface area contributed by atoms with Crippen molar-refractivity contribution in [3.63, 3.8) is 0 Å². The Balaban J connectivity index is 1.76. The summed E-state index contributed by atoms with van der Waals surface area (Å²) in [5.74, 6) is -0.262. The van der Waals surface area contributed by atoms with E-state index in [9.17, 15) is 9.59 Å². The van der Waals surface area contributed by atoms with Gasteiger partial charge >= 0.3 is 5.97 Å². The van der Waals surface area contributed by atoms with Crippen LogP contribution in [0.3, 0.4) is 0 Å². The first-order valence-electron chi connectivity index (χ1n) is 7.72. The zero-order valence-electron chi connectivity index (χ0n) is 13.9. The summed E-state index contributed by atoms with van der Waals surface area (Å²) in [5, 5.41) is 2.73. The lowest BCUT2D eigenvalue weighted by Crippen LogP contribution is -2.30. The number of hydrogen-bond acceptors (Lipinski definition) is 4. The van der Waals surface area contributed by atoms with Crippen LogP contribution in [0.5, 0.6) is 5.75 Å². The summed E-state index contributed by atoms with van der Waals surface area (Å²) in [7, 11) is 1.54. The number of nitrogens with one attached hydrogen (secondary N) is 1. The second-order valence-corrected chi connectivity index (χ2v) is 5.35. The van der Waals surface area contributed by atoms with Gasteiger partial charge in [0, 0.05) is 6.54 Å². The Morgan fingerprint density at radius 2 is 1.83 bits per heavy atom. The molecule has 0 bridgehead atoms. The van der Waals surface area contributed by atoms with Crippen molar-refractivity contribution < 1.29 is 19.1 Å². The highest BCUT2D eigenvalue weighted by atomic mass is 16.5.